The summed E-state index contributed by atoms with van der Waals surface area (Å²) in [7, 11) is 0. The number of hydrogen-bond donors (Lipinski definition) is 1. The summed E-state index contributed by atoms with van der Waals surface area (Å²) in [6, 6.07) is 2.55. The Hall–Kier alpha value is -2.38. The van der Waals surface area contributed by atoms with Gasteiger partial charge < -0.3 is 10.1 Å². The largest absolute Gasteiger partial charge is 0.451 e. The van der Waals surface area contributed by atoms with E-state index in [4.69, 9.17) is 27.9 Å². The second kappa shape index (κ2) is 7.67. The van der Waals surface area contributed by atoms with Crippen molar-refractivity contribution in [2.24, 2.45) is 0 Å². The van der Waals surface area contributed by atoms with E-state index >= 15 is 0 Å². The SMILES string of the molecule is C=CCNC(=O)[C@H](C)OC(=O)CN1C(=O)c2cc(Cl)c(Cl)cc2C1=O. The number of nitrogens with zero attached hydrogens (tertiary/aromatic N) is 1. The molecule has 1 atom stereocenters. The molecule has 0 saturated heterocycles. The van der Waals surface area contributed by atoms with Crippen LogP contribution in [0.2, 0.25) is 10.0 Å². The number of halogens is 2. The van der Waals surface area contributed by atoms with Crippen molar-refractivity contribution in [1.29, 1.82) is 0 Å². The van der Waals surface area contributed by atoms with Crippen LogP contribution in [0.4, 0.5) is 0 Å². The number of carbonyl (C=O) groups excluding carboxylic acids is 4. The Morgan fingerprint density at radius 1 is 1.24 bits per heavy atom. The first-order chi connectivity index (χ1) is 11.8. The molecular formula is C16H14Cl2N2O5. The van der Waals surface area contributed by atoms with Gasteiger partial charge in [0.05, 0.1) is 21.2 Å². The number of benzene rings is 1. The van der Waals surface area contributed by atoms with Gasteiger partial charge in [0.1, 0.15) is 6.54 Å². The highest BCUT2D eigenvalue weighted by molar-refractivity contribution is 6.43. The first-order valence-electron chi connectivity index (χ1n) is 7.19. The minimum atomic E-state index is -1.08. The molecule has 0 bridgehead atoms. The minimum Gasteiger partial charge on any atom is -0.451 e. The van der Waals surface area contributed by atoms with Crippen LogP contribution in [-0.2, 0) is 14.3 Å². The summed E-state index contributed by atoms with van der Waals surface area (Å²) in [4.78, 5) is 48.8. The summed E-state index contributed by atoms with van der Waals surface area (Å²) in [6.45, 7) is 4.42. The highest BCUT2D eigenvalue weighted by Crippen LogP contribution is 2.31. The van der Waals surface area contributed by atoms with Gasteiger partial charge in [-0.3, -0.25) is 24.1 Å². The van der Waals surface area contributed by atoms with Gasteiger partial charge in [0, 0.05) is 6.54 Å². The number of nitrogens with one attached hydrogen (secondary N) is 1. The number of hydrogen-bond acceptors (Lipinski definition) is 5. The summed E-state index contributed by atoms with van der Waals surface area (Å²) in [5.41, 5.74) is 0.118. The Labute approximate surface area is 153 Å². The van der Waals surface area contributed by atoms with Crippen LogP contribution >= 0.6 is 23.2 Å². The summed E-state index contributed by atoms with van der Waals surface area (Å²) in [5.74, 6) is -2.78. The van der Waals surface area contributed by atoms with E-state index in [1.54, 1.807) is 0 Å². The fraction of sp³-hybridized carbons (Fsp3) is 0.250. The van der Waals surface area contributed by atoms with Gasteiger partial charge in [0.2, 0.25) is 0 Å². The fourth-order valence-electron chi connectivity index (χ4n) is 2.16. The number of esters is 1. The quantitative estimate of drug-likeness (QED) is 0.458. The lowest BCUT2D eigenvalue weighted by atomic mass is 10.1. The molecule has 0 aromatic heterocycles. The van der Waals surface area contributed by atoms with Crippen LogP contribution in [0.25, 0.3) is 0 Å². The molecule has 0 aliphatic carbocycles. The molecule has 0 saturated carbocycles. The average molecular weight is 385 g/mol. The van der Waals surface area contributed by atoms with Crippen molar-refractivity contribution in [1.82, 2.24) is 10.2 Å². The molecule has 1 aromatic rings. The Bertz CT molecular complexity index is 737. The Morgan fingerprint density at radius 3 is 2.24 bits per heavy atom. The molecule has 3 amide bonds. The number of fused-ring (bicyclic) bond motifs is 1. The third-order valence-electron chi connectivity index (χ3n) is 3.40. The molecule has 1 aliphatic heterocycles. The van der Waals surface area contributed by atoms with Crippen LogP contribution in [0.5, 0.6) is 0 Å². The number of rotatable bonds is 6. The molecule has 0 spiro atoms. The standard InChI is InChI=1S/C16H14Cl2N2O5/c1-3-4-19-14(22)8(2)25-13(21)7-20-15(23)9-5-11(17)12(18)6-10(9)16(20)24/h3,5-6,8H,1,4,7H2,2H3,(H,19,22)/t8-/m0/s1. The second-order valence-electron chi connectivity index (χ2n) is 5.17. The van der Waals surface area contributed by atoms with E-state index in [1.165, 1.54) is 25.1 Å². The van der Waals surface area contributed by atoms with Gasteiger partial charge >= 0.3 is 5.97 Å². The molecule has 9 heteroatoms. The van der Waals surface area contributed by atoms with Crippen molar-refractivity contribution in [2.45, 2.75) is 13.0 Å². The summed E-state index contributed by atoms with van der Waals surface area (Å²) in [6.07, 6.45) is 0.396. The maximum atomic E-state index is 12.3. The van der Waals surface area contributed by atoms with Crippen molar-refractivity contribution < 1.29 is 23.9 Å². The van der Waals surface area contributed by atoms with Crippen LogP contribution in [0.1, 0.15) is 27.6 Å². The Balaban J connectivity index is 2.05. The zero-order chi connectivity index (χ0) is 18.7. The maximum Gasteiger partial charge on any atom is 0.326 e. The summed E-state index contributed by atoms with van der Waals surface area (Å²) < 4.78 is 4.93. The number of imide groups is 1. The van der Waals surface area contributed by atoms with Gasteiger partial charge in [0.25, 0.3) is 17.7 Å². The monoisotopic (exact) mass is 384 g/mol. The first kappa shape index (κ1) is 19.0. The molecule has 7 nitrogen and oxygen atoms in total. The second-order valence-corrected chi connectivity index (χ2v) is 5.99. The van der Waals surface area contributed by atoms with Gasteiger partial charge in [-0.25, -0.2) is 0 Å². The van der Waals surface area contributed by atoms with Gasteiger partial charge in [-0.1, -0.05) is 29.3 Å². The third-order valence-corrected chi connectivity index (χ3v) is 4.12. The van der Waals surface area contributed by atoms with E-state index in [0.717, 1.165) is 0 Å². The van der Waals surface area contributed by atoms with Gasteiger partial charge in [-0.2, -0.15) is 0 Å². The molecule has 0 radical (unpaired) electrons. The molecule has 1 heterocycles. The highest BCUT2D eigenvalue weighted by Gasteiger charge is 2.38. The lowest BCUT2D eigenvalue weighted by Gasteiger charge is -2.16. The van der Waals surface area contributed by atoms with Crippen LogP contribution in [0.15, 0.2) is 24.8 Å². The zero-order valence-electron chi connectivity index (χ0n) is 13.2. The molecule has 1 aliphatic rings. The van der Waals surface area contributed by atoms with E-state index in [2.05, 4.69) is 11.9 Å². The van der Waals surface area contributed by atoms with Crippen LogP contribution in [0, 0.1) is 0 Å². The van der Waals surface area contributed by atoms with Crippen molar-refractivity contribution in [2.75, 3.05) is 13.1 Å². The zero-order valence-corrected chi connectivity index (χ0v) is 14.7. The smallest absolute Gasteiger partial charge is 0.326 e. The Morgan fingerprint density at radius 2 is 1.76 bits per heavy atom. The van der Waals surface area contributed by atoms with Crippen molar-refractivity contribution in [3.8, 4) is 0 Å². The Kier molecular flexibility index (Phi) is 5.81. The molecule has 25 heavy (non-hydrogen) atoms. The number of carbonyl (C=O) groups is 4. The normalized spacial score (nSPS) is 14.1. The van der Waals surface area contributed by atoms with E-state index < -0.39 is 36.3 Å². The third kappa shape index (κ3) is 4.00. The topological polar surface area (TPSA) is 92.8 Å². The first-order valence-corrected chi connectivity index (χ1v) is 7.95. The summed E-state index contributed by atoms with van der Waals surface area (Å²) >= 11 is 11.7. The molecular weight excluding hydrogens is 371 g/mol. The average Bonchev–Trinajstić information content (AvgIpc) is 2.78. The fourth-order valence-corrected chi connectivity index (χ4v) is 2.49. The maximum absolute atomic E-state index is 12.3. The molecule has 132 valence electrons. The van der Waals surface area contributed by atoms with Crippen LogP contribution < -0.4 is 5.32 Å². The molecule has 1 N–H and O–H groups in total. The lowest BCUT2D eigenvalue weighted by molar-refractivity contribution is -0.154. The van der Waals surface area contributed by atoms with Crippen molar-refractivity contribution in [3.63, 3.8) is 0 Å². The van der Waals surface area contributed by atoms with Crippen molar-refractivity contribution >= 4 is 46.9 Å². The number of amides is 3. The molecule has 0 unspecified atom stereocenters. The van der Waals surface area contributed by atoms with Gasteiger partial charge in [-0.15, -0.1) is 6.58 Å². The molecule has 2 rings (SSSR count). The number of ether oxygens (including phenoxy) is 1. The van der Waals surface area contributed by atoms with E-state index in [0.29, 0.717) is 4.90 Å². The van der Waals surface area contributed by atoms with Crippen molar-refractivity contribution in [3.05, 3.63) is 46.0 Å². The predicted molar refractivity (Wildman–Crippen MR) is 90.6 cm³/mol. The van der Waals surface area contributed by atoms with Crippen LogP contribution in [0.3, 0.4) is 0 Å². The van der Waals surface area contributed by atoms with Gasteiger partial charge in [-0.05, 0) is 19.1 Å². The van der Waals surface area contributed by atoms with Crippen LogP contribution in [-0.4, -0.2) is 47.8 Å². The predicted octanol–water partition coefficient (Wildman–Crippen LogP) is 1.82. The minimum absolute atomic E-state index is 0.0592. The van der Waals surface area contributed by atoms with E-state index in [1.807, 2.05) is 0 Å². The molecule has 1 aromatic carbocycles. The highest BCUT2D eigenvalue weighted by atomic mass is 35.5. The van der Waals surface area contributed by atoms with E-state index in [9.17, 15) is 19.2 Å². The lowest BCUT2D eigenvalue weighted by Crippen LogP contribution is -2.40. The van der Waals surface area contributed by atoms with E-state index in [-0.39, 0.29) is 27.7 Å². The van der Waals surface area contributed by atoms with Gasteiger partial charge in [0.15, 0.2) is 6.10 Å². The molecule has 0 fully saturated rings. The summed E-state index contributed by atoms with van der Waals surface area (Å²) in [5, 5.41) is 2.71.